The zero-order valence-electron chi connectivity index (χ0n) is 19.6. The second-order valence-corrected chi connectivity index (χ2v) is 8.84. The van der Waals surface area contributed by atoms with Gasteiger partial charge in [-0.3, -0.25) is 14.3 Å². The molecule has 13 heteroatoms. The third-order valence-electron chi connectivity index (χ3n) is 5.68. The maximum Gasteiger partial charge on any atom is 0.344 e. The SMILES string of the molecule is CC1(C)O[C@@H]2[C@H](O1)[C@@H](Cn1cc(COC(=O)COc3ccccc3)nn1)O[C@H]2n1ccc(=O)[nH]c1=O. The molecular weight excluding hydrogens is 474 g/mol. The molecule has 0 saturated carbocycles. The number of carbonyl (C=O) groups excluding carboxylic acids is 1. The molecule has 36 heavy (non-hydrogen) atoms. The van der Waals surface area contributed by atoms with E-state index < -0.39 is 47.5 Å². The monoisotopic (exact) mass is 499 g/mol. The van der Waals surface area contributed by atoms with Gasteiger partial charge in [0.2, 0.25) is 0 Å². The summed E-state index contributed by atoms with van der Waals surface area (Å²) in [5.74, 6) is -0.854. The lowest BCUT2D eigenvalue weighted by Crippen LogP contribution is -2.37. The number of nitrogens with one attached hydrogen (secondary N) is 1. The molecule has 2 aromatic heterocycles. The van der Waals surface area contributed by atoms with Crippen LogP contribution in [0.15, 0.2) is 58.4 Å². The third-order valence-corrected chi connectivity index (χ3v) is 5.68. The zero-order valence-corrected chi connectivity index (χ0v) is 19.6. The van der Waals surface area contributed by atoms with Crippen molar-refractivity contribution >= 4 is 5.97 Å². The first kappa shape index (κ1) is 23.9. The Bertz CT molecular complexity index is 1330. The van der Waals surface area contributed by atoms with Gasteiger partial charge in [-0.05, 0) is 26.0 Å². The van der Waals surface area contributed by atoms with Gasteiger partial charge in [0.05, 0.1) is 12.7 Å². The standard InChI is InChI=1S/C23H25N5O8/c1-23(2)35-19-16(34-21(20(19)36-23)28-9-8-17(29)24-22(28)31)11-27-10-14(25-26-27)12-33-18(30)13-32-15-6-4-3-5-7-15/h3-10,16,19-21H,11-13H2,1-2H3,(H,24,29,31)/t16-,19-,20-,21-/m1/s1. The quantitative estimate of drug-likeness (QED) is 0.431. The van der Waals surface area contributed by atoms with Crippen molar-refractivity contribution in [2.45, 2.75) is 57.3 Å². The number of nitrogens with zero attached hydrogens (tertiary/aromatic N) is 4. The van der Waals surface area contributed by atoms with Crippen LogP contribution >= 0.6 is 0 Å². The van der Waals surface area contributed by atoms with E-state index in [0.29, 0.717) is 11.4 Å². The number of benzene rings is 1. The first-order valence-electron chi connectivity index (χ1n) is 11.3. The highest BCUT2D eigenvalue weighted by Crippen LogP contribution is 2.42. The van der Waals surface area contributed by atoms with Crippen LogP contribution < -0.4 is 16.0 Å². The summed E-state index contributed by atoms with van der Waals surface area (Å²) in [7, 11) is 0. The number of H-pyrrole nitrogens is 1. The molecule has 0 amide bonds. The van der Waals surface area contributed by atoms with Crippen molar-refractivity contribution in [3.05, 3.63) is 75.3 Å². The van der Waals surface area contributed by atoms with Crippen LogP contribution in [0.5, 0.6) is 5.75 Å². The van der Waals surface area contributed by atoms with Crippen LogP contribution in [0.25, 0.3) is 0 Å². The number of ether oxygens (including phenoxy) is 5. The van der Waals surface area contributed by atoms with Gasteiger partial charge >= 0.3 is 11.7 Å². The van der Waals surface area contributed by atoms with Gasteiger partial charge in [-0.1, -0.05) is 23.4 Å². The van der Waals surface area contributed by atoms with Crippen molar-refractivity contribution in [2.75, 3.05) is 6.61 Å². The summed E-state index contributed by atoms with van der Waals surface area (Å²) in [5.41, 5.74) is -0.676. The molecule has 0 radical (unpaired) electrons. The molecule has 1 aromatic carbocycles. The number of aromatic amines is 1. The van der Waals surface area contributed by atoms with Crippen molar-refractivity contribution in [3.8, 4) is 5.75 Å². The minimum atomic E-state index is -0.884. The van der Waals surface area contributed by atoms with E-state index in [1.807, 2.05) is 6.07 Å². The van der Waals surface area contributed by atoms with Crippen LogP contribution in [0.4, 0.5) is 0 Å². The summed E-state index contributed by atoms with van der Waals surface area (Å²) >= 11 is 0. The zero-order chi connectivity index (χ0) is 25.3. The molecule has 2 aliphatic rings. The van der Waals surface area contributed by atoms with Gasteiger partial charge in [-0.15, -0.1) is 5.10 Å². The van der Waals surface area contributed by atoms with E-state index in [1.54, 1.807) is 44.3 Å². The predicted molar refractivity (Wildman–Crippen MR) is 121 cm³/mol. The Labute approximate surface area is 204 Å². The van der Waals surface area contributed by atoms with Gasteiger partial charge in [-0.2, -0.15) is 0 Å². The average Bonchev–Trinajstić information content (AvgIpc) is 3.51. The summed E-state index contributed by atoms with van der Waals surface area (Å²) in [5, 5.41) is 8.12. The summed E-state index contributed by atoms with van der Waals surface area (Å²) in [4.78, 5) is 38.0. The van der Waals surface area contributed by atoms with Crippen molar-refractivity contribution in [1.82, 2.24) is 24.5 Å². The first-order valence-corrected chi connectivity index (χ1v) is 11.3. The van der Waals surface area contributed by atoms with Gasteiger partial charge in [0, 0.05) is 12.3 Å². The topological polar surface area (TPSA) is 149 Å². The normalized spacial score (nSPS) is 24.4. The van der Waals surface area contributed by atoms with Gasteiger partial charge in [0.1, 0.15) is 36.4 Å². The van der Waals surface area contributed by atoms with Gasteiger partial charge in [0.15, 0.2) is 18.6 Å². The van der Waals surface area contributed by atoms with Crippen molar-refractivity contribution in [2.24, 2.45) is 0 Å². The molecule has 190 valence electrons. The number of para-hydroxylation sites is 1. The lowest BCUT2D eigenvalue weighted by Gasteiger charge is -2.24. The van der Waals surface area contributed by atoms with E-state index in [1.165, 1.54) is 21.5 Å². The van der Waals surface area contributed by atoms with E-state index >= 15 is 0 Å². The van der Waals surface area contributed by atoms with Gasteiger partial charge < -0.3 is 23.7 Å². The van der Waals surface area contributed by atoms with Crippen LogP contribution in [0.1, 0.15) is 25.8 Å². The van der Waals surface area contributed by atoms with E-state index in [9.17, 15) is 14.4 Å². The Morgan fingerprint density at radius 1 is 1.14 bits per heavy atom. The number of hydrogen-bond acceptors (Lipinski definition) is 10. The minimum absolute atomic E-state index is 0.0728. The molecule has 0 unspecified atom stereocenters. The summed E-state index contributed by atoms with van der Waals surface area (Å²) in [6.07, 6.45) is 0.580. The Morgan fingerprint density at radius 2 is 1.92 bits per heavy atom. The molecule has 3 aromatic rings. The van der Waals surface area contributed by atoms with Gasteiger partial charge in [-0.25, -0.2) is 14.3 Å². The summed E-state index contributed by atoms with van der Waals surface area (Å²) in [6, 6.07) is 10.2. The lowest BCUT2D eigenvalue weighted by atomic mass is 10.1. The Morgan fingerprint density at radius 3 is 2.69 bits per heavy atom. The molecule has 1 N–H and O–H groups in total. The molecule has 4 heterocycles. The molecule has 2 saturated heterocycles. The third kappa shape index (κ3) is 5.22. The maximum atomic E-state index is 12.4. The fraction of sp³-hybridized carbons (Fsp3) is 0.435. The molecule has 0 spiro atoms. The van der Waals surface area contributed by atoms with E-state index in [0.717, 1.165) is 0 Å². The van der Waals surface area contributed by atoms with Gasteiger partial charge in [0.25, 0.3) is 5.56 Å². The molecule has 0 bridgehead atoms. The predicted octanol–water partition coefficient (Wildman–Crippen LogP) is 0.368. The Hall–Kier alpha value is -3.81. The number of esters is 1. The summed E-state index contributed by atoms with van der Waals surface area (Å²) in [6.45, 7) is 3.50. The highest BCUT2D eigenvalue weighted by atomic mass is 16.8. The molecule has 4 atom stereocenters. The van der Waals surface area contributed by atoms with E-state index in [-0.39, 0.29) is 19.8 Å². The number of carbonyl (C=O) groups is 1. The molecule has 0 aliphatic carbocycles. The molecule has 2 fully saturated rings. The number of rotatable bonds is 8. The van der Waals surface area contributed by atoms with Crippen LogP contribution in [0.2, 0.25) is 0 Å². The maximum absolute atomic E-state index is 12.4. The minimum Gasteiger partial charge on any atom is -0.482 e. The number of aromatic nitrogens is 5. The van der Waals surface area contributed by atoms with Crippen LogP contribution in [0, 0.1) is 0 Å². The van der Waals surface area contributed by atoms with Crippen molar-refractivity contribution in [3.63, 3.8) is 0 Å². The number of hydrogen-bond donors (Lipinski definition) is 1. The first-order chi connectivity index (χ1) is 17.3. The van der Waals surface area contributed by atoms with E-state index in [2.05, 4.69) is 15.3 Å². The largest absolute Gasteiger partial charge is 0.482 e. The van der Waals surface area contributed by atoms with Crippen LogP contribution in [-0.4, -0.2) is 61.2 Å². The number of fused-ring (bicyclic) bond motifs is 1. The fourth-order valence-electron chi connectivity index (χ4n) is 4.19. The Balaban J connectivity index is 1.21. The molecule has 5 rings (SSSR count). The van der Waals surface area contributed by atoms with Crippen LogP contribution in [-0.2, 0) is 36.9 Å². The lowest BCUT2D eigenvalue weighted by molar-refractivity contribution is -0.198. The summed E-state index contributed by atoms with van der Waals surface area (Å²) < 4.78 is 31.5. The fourth-order valence-corrected chi connectivity index (χ4v) is 4.19. The second-order valence-electron chi connectivity index (χ2n) is 8.84. The highest BCUT2D eigenvalue weighted by Gasteiger charge is 2.56. The molecular formula is C23H25N5O8. The average molecular weight is 499 g/mol. The van der Waals surface area contributed by atoms with Crippen molar-refractivity contribution in [1.29, 1.82) is 0 Å². The highest BCUT2D eigenvalue weighted by molar-refractivity contribution is 5.71. The Kier molecular flexibility index (Phi) is 6.43. The van der Waals surface area contributed by atoms with Crippen LogP contribution in [0.3, 0.4) is 0 Å². The molecule has 13 nitrogen and oxygen atoms in total. The van der Waals surface area contributed by atoms with E-state index in [4.69, 9.17) is 23.7 Å². The second kappa shape index (κ2) is 9.68. The smallest absolute Gasteiger partial charge is 0.344 e. The van der Waals surface area contributed by atoms with Crippen molar-refractivity contribution < 1.29 is 28.5 Å². The molecule has 2 aliphatic heterocycles.